The summed E-state index contributed by atoms with van der Waals surface area (Å²) < 4.78 is 15.8. The number of carbonyl (C=O) groups excluding carboxylic acids is 2. The fourth-order valence-electron chi connectivity index (χ4n) is 6.70. The SMILES string of the molecule is C=C(COC)C(=O)OCC(COC(=O)CCO)c1ccc(C2CCC(C3CCC(CCCCC)CC3)CC2)cc1. The molecule has 6 heteroatoms. The number of methoxy groups -OCH3 is 1. The van der Waals surface area contributed by atoms with Gasteiger partial charge in [-0.1, -0.05) is 76.3 Å². The second-order valence-electron chi connectivity index (χ2n) is 12.0. The number of benzene rings is 1. The first-order chi connectivity index (χ1) is 19.4. The number of rotatable bonds is 16. The number of hydrogen-bond donors (Lipinski definition) is 1. The van der Waals surface area contributed by atoms with Crippen LogP contribution in [0.5, 0.6) is 0 Å². The fourth-order valence-corrected chi connectivity index (χ4v) is 6.70. The van der Waals surface area contributed by atoms with Gasteiger partial charge in [0.05, 0.1) is 31.1 Å². The van der Waals surface area contributed by atoms with E-state index < -0.39 is 11.9 Å². The van der Waals surface area contributed by atoms with Crippen LogP contribution in [0.4, 0.5) is 0 Å². The van der Waals surface area contributed by atoms with Crippen LogP contribution in [0, 0.1) is 17.8 Å². The third kappa shape index (κ3) is 10.3. The molecule has 2 fully saturated rings. The van der Waals surface area contributed by atoms with E-state index in [1.54, 1.807) is 0 Å². The topological polar surface area (TPSA) is 82.1 Å². The summed E-state index contributed by atoms with van der Waals surface area (Å²) in [6.07, 6.45) is 16.5. The molecule has 224 valence electrons. The zero-order valence-corrected chi connectivity index (χ0v) is 24.9. The molecule has 1 N–H and O–H groups in total. The minimum absolute atomic E-state index is 0.0564. The molecular weight excluding hydrogens is 504 g/mol. The first-order valence-electron chi connectivity index (χ1n) is 15.6. The highest BCUT2D eigenvalue weighted by Gasteiger charge is 2.31. The molecule has 0 saturated heterocycles. The van der Waals surface area contributed by atoms with E-state index in [9.17, 15) is 9.59 Å². The van der Waals surface area contributed by atoms with Crippen LogP contribution in [-0.4, -0.2) is 50.6 Å². The monoisotopic (exact) mass is 556 g/mol. The third-order valence-electron chi connectivity index (χ3n) is 9.21. The van der Waals surface area contributed by atoms with Crippen LogP contribution in [0.15, 0.2) is 36.4 Å². The van der Waals surface area contributed by atoms with Crippen LogP contribution in [0.1, 0.15) is 113 Å². The number of aliphatic hydroxyl groups excluding tert-OH is 1. The summed E-state index contributed by atoms with van der Waals surface area (Å²) in [6, 6.07) is 8.53. The summed E-state index contributed by atoms with van der Waals surface area (Å²) in [7, 11) is 1.50. The lowest BCUT2D eigenvalue weighted by Crippen LogP contribution is -2.25. The molecule has 0 amide bonds. The molecule has 0 aromatic heterocycles. The van der Waals surface area contributed by atoms with Gasteiger partial charge >= 0.3 is 11.9 Å². The van der Waals surface area contributed by atoms with Gasteiger partial charge in [-0.15, -0.1) is 0 Å². The molecule has 2 aliphatic carbocycles. The lowest BCUT2D eigenvalue weighted by Gasteiger charge is -2.38. The molecule has 3 rings (SSSR count). The number of carbonyl (C=O) groups is 2. The predicted octanol–water partition coefficient (Wildman–Crippen LogP) is 7.10. The molecule has 0 heterocycles. The van der Waals surface area contributed by atoms with E-state index in [1.807, 2.05) is 0 Å². The summed E-state index contributed by atoms with van der Waals surface area (Å²) in [6.45, 7) is 5.98. The van der Waals surface area contributed by atoms with E-state index in [0.29, 0.717) is 5.92 Å². The highest BCUT2D eigenvalue weighted by Crippen LogP contribution is 2.44. The third-order valence-corrected chi connectivity index (χ3v) is 9.21. The Morgan fingerprint density at radius 1 is 0.925 bits per heavy atom. The van der Waals surface area contributed by atoms with Crippen LogP contribution in [0.25, 0.3) is 0 Å². The van der Waals surface area contributed by atoms with Gasteiger partial charge in [0.15, 0.2) is 0 Å². The summed E-state index contributed by atoms with van der Waals surface area (Å²) >= 11 is 0. The van der Waals surface area contributed by atoms with Gasteiger partial charge in [0.25, 0.3) is 0 Å². The maximum Gasteiger partial charge on any atom is 0.335 e. The zero-order chi connectivity index (χ0) is 28.7. The molecule has 0 spiro atoms. The van der Waals surface area contributed by atoms with Gasteiger partial charge in [-0.05, 0) is 73.3 Å². The molecule has 1 atom stereocenters. The van der Waals surface area contributed by atoms with Crippen molar-refractivity contribution < 1.29 is 28.9 Å². The number of ether oxygens (including phenoxy) is 3. The Morgan fingerprint density at radius 3 is 2.15 bits per heavy atom. The largest absolute Gasteiger partial charge is 0.465 e. The van der Waals surface area contributed by atoms with Crippen molar-refractivity contribution >= 4 is 11.9 Å². The smallest absolute Gasteiger partial charge is 0.335 e. The van der Waals surface area contributed by atoms with Crippen molar-refractivity contribution in [2.24, 2.45) is 17.8 Å². The highest BCUT2D eigenvalue weighted by molar-refractivity contribution is 5.88. The first kappa shape index (κ1) is 32.3. The second kappa shape index (κ2) is 17.6. The van der Waals surface area contributed by atoms with Gasteiger partial charge in [-0.2, -0.15) is 0 Å². The minimum atomic E-state index is -0.521. The van der Waals surface area contributed by atoms with Crippen molar-refractivity contribution in [3.63, 3.8) is 0 Å². The van der Waals surface area contributed by atoms with E-state index in [0.717, 1.165) is 23.3 Å². The lowest BCUT2D eigenvalue weighted by atomic mass is 9.68. The molecule has 1 aromatic rings. The van der Waals surface area contributed by atoms with Crippen LogP contribution < -0.4 is 0 Å². The van der Waals surface area contributed by atoms with Crippen molar-refractivity contribution in [2.75, 3.05) is 33.5 Å². The van der Waals surface area contributed by atoms with E-state index in [2.05, 4.69) is 37.8 Å². The summed E-state index contributed by atoms with van der Waals surface area (Å²) in [5, 5.41) is 9.01. The van der Waals surface area contributed by atoms with Crippen molar-refractivity contribution in [1.82, 2.24) is 0 Å². The molecule has 2 saturated carbocycles. The molecule has 1 unspecified atom stereocenters. The molecule has 0 radical (unpaired) electrons. The zero-order valence-electron chi connectivity index (χ0n) is 24.9. The van der Waals surface area contributed by atoms with Crippen LogP contribution in [-0.2, 0) is 23.8 Å². The second-order valence-corrected chi connectivity index (χ2v) is 12.0. The van der Waals surface area contributed by atoms with E-state index in [4.69, 9.17) is 19.3 Å². The van der Waals surface area contributed by atoms with Crippen molar-refractivity contribution in [2.45, 2.75) is 102 Å². The Bertz CT molecular complexity index is 894. The molecule has 1 aromatic carbocycles. The fraction of sp³-hybridized carbons (Fsp3) is 0.706. The van der Waals surface area contributed by atoms with E-state index in [1.165, 1.54) is 89.7 Å². The number of esters is 2. The maximum atomic E-state index is 12.2. The Labute approximate surface area is 241 Å². The van der Waals surface area contributed by atoms with Gasteiger partial charge in [-0.3, -0.25) is 4.79 Å². The predicted molar refractivity (Wildman–Crippen MR) is 158 cm³/mol. The summed E-state index contributed by atoms with van der Waals surface area (Å²) in [4.78, 5) is 24.1. The maximum absolute atomic E-state index is 12.2. The molecular formula is C34H52O6. The summed E-state index contributed by atoms with van der Waals surface area (Å²) in [5.74, 6) is 2.10. The van der Waals surface area contributed by atoms with Gasteiger partial charge in [-0.25, -0.2) is 4.79 Å². The van der Waals surface area contributed by atoms with Gasteiger partial charge in [0, 0.05) is 7.11 Å². The Balaban J connectivity index is 1.51. The van der Waals surface area contributed by atoms with Crippen molar-refractivity contribution in [1.29, 1.82) is 0 Å². The average Bonchev–Trinajstić information content (AvgIpc) is 2.98. The van der Waals surface area contributed by atoms with Crippen molar-refractivity contribution in [3.05, 3.63) is 47.5 Å². The van der Waals surface area contributed by atoms with Crippen molar-refractivity contribution in [3.8, 4) is 0 Å². The van der Waals surface area contributed by atoms with Gasteiger partial charge in [0.1, 0.15) is 13.2 Å². The number of aliphatic hydroxyl groups is 1. The summed E-state index contributed by atoms with van der Waals surface area (Å²) in [5.41, 5.74) is 2.56. The normalized spacial score (nSPS) is 23.8. The Kier molecular flexibility index (Phi) is 14.2. The van der Waals surface area contributed by atoms with E-state index >= 15 is 0 Å². The van der Waals surface area contributed by atoms with Gasteiger partial charge < -0.3 is 19.3 Å². The highest BCUT2D eigenvalue weighted by atomic mass is 16.5. The Hall–Kier alpha value is -2.18. The average molecular weight is 557 g/mol. The Morgan fingerprint density at radius 2 is 1.55 bits per heavy atom. The minimum Gasteiger partial charge on any atom is -0.465 e. The molecule has 0 aliphatic heterocycles. The van der Waals surface area contributed by atoms with E-state index in [-0.39, 0.29) is 44.3 Å². The standard InChI is InChI=1S/C34H52O6/c1-4-5-6-7-26-8-10-27(11-9-26)28-12-14-29(15-13-28)30-16-18-31(19-17-30)32(23-39-33(36)20-21-35)24-40-34(37)25(2)22-38-3/h16-19,26-29,32,35H,2,4-15,20-24H2,1,3H3. The molecule has 40 heavy (non-hydrogen) atoms. The van der Waals surface area contributed by atoms with Crippen LogP contribution >= 0.6 is 0 Å². The molecule has 0 bridgehead atoms. The molecule has 2 aliphatic rings. The number of unbranched alkanes of at least 4 members (excludes halogenated alkanes) is 2. The van der Waals surface area contributed by atoms with Gasteiger partial charge in [0.2, 0.25) is 0 Å². The first-order valence-corrected chi connectivity index (χ1v) is 15.6. The number of hydrogen-bond acceptors (Lipinski definition) is 6. The quantitative estimate of drug-likeness (QED) is 0.133. The lowest BCUT2D eigenvalue weighted by molar-refractivity contribution is -0.146. The molecule has 6 nitrogen and oxygen atoms in total. The van der Waals surface area contributed by atoms with Crippen LogP contribution in [0.3, 0.4) is 0 Å². The van der Waals surface area contributed by atoms with Crippen LogP contribution in [0.2, 0.25) is 0 Å².